The normalized spacial score (nSPS) is 13.2. The van der Waals surface area contributed by atoms with Gasteiger partial charge in [0.25, 0.3) is 0 Å². The van der Waals surface area contributed by atoms with Gasteiger partial charge >= 0.3 is 24.7 Å². The maximum absolute atomic E-state index is 13.6. The number of pyridine rings is 3. The fourth-order valence-electron chi connectivity index (χ4n) is 3.72. The molecule has 0 atom stereocenters. The van der Waals surface area contributed by atoms with Gasteiger partial charge in [0.15, 0.2) is 11.4 Å². The summed E-state index contributed by atoms with van der Waals surface area (Å²) in [6.07, 6.45) is -23.0. The number of hydrogen-bond acceptors (Lipinski definition) is 4. The number of nitrogens with zero attached hydrogens (tertiary/aromatic N) is 5. The van der Waals surface area contributed by atoms with Crippen LogP contribution in [-0.2, 0) is 24.7 Å². The van der Waals surface area contributed by atoms with Gasteiger partial charge in [0, 0.05) is 16.2 Å². The molecule has 38 heavy (non-hydrogen) atoms. The Morgan fingerprint density at radius 2 is 0.974 bits per heavy atom. The van der Waals surface area contributed by atoms with Crippen molar-refractivity contribution in [2.75, 3.05) is 0 Å². The Balaban J connectivity index is 2.42. The molecule has 0 fully saturated rings. The van der Waals surface area contributed by atoms with E-state index >= 15 is 0 Å². The summed E-state index contributed by atoms with van der Waals surface area (Å²) in [5, 5.41) is 6.38. The standard InChI is InChI=1S/C21H3F12N5/c1-35-11-4-8-13(36-12(11)5-34)6-2-9(18(22,23)24)16(20(28,29)30)37-14(6)7-3-10(19(25,26)27)17(21(31,32)33)38-15(7)8/h2-4H. The number of aromatic nitrogens is 3. The van der Waals surface area contributed by atoms with Crippen LogP contribution in [0.1, 0.15) is 28.2 Å². The van der Waals surface area contributed by atoms with Gasteiger partial charge in [0.2, 0.25) is 5.69 Å². The van der Waals surface area contributed by atoms with Gasteiger partial charge in [-0.15, -0.1) is 0 Å². The van der Waals surface area contributed by atoms with E-state index in [1.54, 1.807) is 0 Å². The molecule has 3 heterocycles. The predicted octanol–water partition coefficient (Wildman–Crippen LogP) is 7.83. The molecule has 0 aliphatic carbocycles. The zero-order chi connectivity index (χ0) is 28.6. The van der Waals surface area contributed by atoms with Gasteiger partial charge in [0.05, 0.1) is 34.2 Å². The average Bonchev–Trinajstić information content (AvgIpc) is 2.79. The van der Waals surface area contributed by atoms with E-state index in [4.69, 9.17) is 6.57 Å². The molecule has 3 aromatic heterocycles. The molecular formula is C21H3F12N5. The highest BCUT2D eigenvalue weighted by molar-refractivity contribution is 6.22. The molecule has 0 saturated carbocycles. The Morgan fingerprint density at radius 3 is 1.29 bits per heavy atom. The quantitative estimate of drug-likeness (QED) is 0.127. The summed E-state index contributed by atoms with van der Waals surface area (Å²) in [7, 11) is 0. The van der Waals surface area contributed by atoms with Crippen LogP contribution >= 0.6 is 0 Å². The van der Waals surface area contributed by atoms with Crippen LogP contribution in [0, 0.1) is 17.9 Å². The number of hydrogen-bond donors (Lipinski definition) is 0. The van der Waals surface area contributed by atoms with Crippen molar-refractivity contribution in [3.63, 3.8) is 0 Å². The molecule has 4 aromatic rings. The third-order valence-electron chi connectivity index (χ3n) is 5.19. The van der Waals surface area contributed by atoms with Gasteiger partial charge in [-0.05, 0) is 18.2 Å². The van der Waals surface area contributed by atoms with Gasteiger partial charge in [-0.2, -0.15) is 57.9 Å². The van der Waals surface area contributed by atoms with Crippen molar-refractivity contribution in [3.8, 4) is 6.07 Å². The molecule has 4 rings (SSSR count). The lowest BCUT2D eigenvalue weighted by Gasteiger charge is -2.19. The lowest BCUT2D eigenvalue weighted by Crippen LogP contribution is -2.20. The summed E-state index contributed by atoms with van der Waals surface area (Å²) >= 11 is 0. The molecular weight excluding hydrogens is 550 g/mol. The van der Waals surface area contributed by atoms with Crippen LogP contribution in [0.2, 0.25) is 0 Å². The highest BCUT2D eigenvalue weighted by Gasteiger charge is 2.47. The zero-order valence-electron chi connectivity index (χ0n) is 17.5. The Morgan fingerprint density at radius 1 is 0.605 bits per heavy atom. The molecule has 0 N–H and O–H groups in total. The second-order valence-corrected chi connectivity index (χ2v) is 7.53. The highest BCUT2D eigenvalue weighted by atomic mass is 19.4. The van der Waals surface area contributed by atoms with E-state index in [0.29, 0.717) is 6.07 Å². The highest BCUT2D eigenvalue weighted by Crippen LogP contribution is 2.46. The van der Waals surface area contributed by atoms with Gasteiger partial charge in [-0.1, -0.05) is 0 Å². The largest absolute Gasteiger partial charge is 0.433 e. The van der Waals surface area contributed by atoms with Crippen LogP contribution in [0.5, 0.6) is 0 Å². The maximum Gasteiger partial charge on any atom is 0.433 e. The smallest absolute Gasteiger partial charge is 0.248 e. The Bertz CT molecular complexity index is 1600. The van der Waals surface area contributed by atoms with Gasteiger partial charge in [-0.25, -0.2) is 19.8 Å². The van der Waals surface area contributed by atoms with Crippen molar-refractivity contribution < 1.29 is 52.7 Å². The van der Waals surface area contributed by atoms with Crippen molar-refractivity contribution in [2.45, 2.75) is 24.7 Å². The van der Waals surface area contributed by atoms with E-state index in [0.717, 1.165) is 0 Å². The third-order valence-corrected chi connectivity index (χ3v) is 5.19. The number of fused-ring (bicyclic) bond motifs is 6. The van der Waals surface area contributed by atoms with Gasteiger partial charge in [-0.3, -0.25) is 0 Å². The molecule has 0 unspecified atom stereocenters. The molecule has 0 saturated heterocycles. The molecule has 0 radical (unpaired) electrons. The van der Waals surface area contributed by atoms with Crippen molar-refractivity contribution >= 4 is 38.4 Å². The van der Waals surface area contributed by atoms with E-state index in [1.807, 2.05) is 0 Å². The number of nitriles is 1. The summed E-state index contributed by atoms with van der Waals surface area (Å²) in [5.74, 6) is 0. The summed E-state index contributed by atoms with van der Waals surface area (Å²) < 4.78 is 162. The summed E-state index contributed by atoms with van der Waals surface area (Å²) in [5.41, 5.74) is -14.5. The summed E-state index contributed by atoms with van der Waals surface area (Å²) in [4.78, 5) is 12.4. The topological polar surface area (TPSA) is 66.8 Å². The lowest BCUT2D eigenvalue weighted by molar-refractivity contribution is -0.164. The van der Waals surface area contributed by atoms with Crippen LogP contribution in [0.3, 0.4) is 0 Å². The van der Waals surface area contributed by atoms with E-state index < -0.39 is 91.3 Å². The van der Waals surface area contributed by atoms with Gasteiger partial charge in [0.1, 0.15) is 11.8 Å². The molecule has 0 aliphatic heterocycles. The number of rotatable bonds is 0. The minimum atomic E-state index is -5.80. The Kier molecular flexibility index (Phi) is 5.64. The second-order valence-electron chi connectivity index (χ2n) is 7.53. The zero-order valence-corrected chi connectivity index (χ0v) is 17.5. The summed E-state index contributed by atoms with van der Waals surface area (Å²) in [6, 6.07) is 1.67. The monoisotopic (exact) mass is 553 g/mol. The number of benzene rings is 1. The van der Waals surface area contributed by atoms with Crippen molar-refractivity contribution in [1.82, 2.24) is 15.0 Å². The van der Waals surface area contributed by atoms with Crippen molar-refractivity contribution in [1.29, 1.82) is 5.26 Å². The summed E-state index contributed by atoms with van der Waals surface area (Å²) in [6.45, 7) is 7.10. The maximum atomic E-state index is 13.6. The first-order chi connectivity index (χ1) is 17.3. The molecule has 1 aromatic carbocycles. The fourth-order valence-corrected chi connectivity index (χ4v) is 3.72. The lowest BCUT2D eigenvalue weighted by atomic mass is 9.98. The average molecular weight is 553 g/mol. The molecule has 5 nitrogen and oxygen atoms in total. The first-order valence-corrected chi connectivity index (χ1v) is 9.51. The SMILES string of the molecule is [C-]#[N+]c1cc2c(nc1C#N)c1cc(C(F)(F)F)c(C(F)(F)F)nc1c1cc(C(F)(F)F)c(C(F)(F)F)nc21. The molecule has 0 bridgehead atoms. The van der Waals surface area contributed by atoms with Crippen LogP contribution in [-0.4, -0.2) is 15.0 Å². The van der Waals surface area contributed by atoms with Gasteiger partial charge < -0.3 is 0 Å². The van der Waals surface area contributed by atoms with E-state index in [-0.39, 0.29) is 12.1 Å². The van der Waals surface area contributed by atoms with Crippen LogP contribution in [0.15, 0.2) is 18.2 Å². The third kappa shape index (κ3) is 4.23. The second kappa shape index (κ2) is 8.04. The Hall–Kier alpha value is -4.41. The minimum Gasteiger partial charge on any atom is -0.248 e. The molecule has 196 valence electrons. The van der Waals surface area contributed by atoms with E-state index in [2.05, 4.69) is 19.8 Å². The molecule has 0 aliphatic rings. The van der Waals surface area contributed by atoms with Crippen LogP contribution < -0.4 is 0 Å². The predicted molar refractivity (Wildman–Crippen MR) is 103 cm³/mol. The number of alkyl halides is 12. The first kappa shape index (κ1) is 26.6. The minimum absolute atomic E-state index is 0.135. The van der Waals surface area contributed by atoms with Crippen molar-refractivity contribution in [3.05, 3.63) is 57.8 Å². The van der Waals surface area contributed by atoms with E-state index in [9.17, 15) is 57.9 Å². The fraction of sp³-hybridized carbons (Fsp3) is 0.190. The van der Waals surface area contributed by atoms with Crippen molar-refractivity contribution in [2.24, 2.45) is 0 Å². The molecule has 0 amide bonds. The number of halogens is 12. The van der Waals surface area contributed by atoms with Crippen LogP contribution in [0.25, 0.3) is 37.6 Å². The Labute approximate surface area is 200 Å². The van der Waals surface area contributed by atoms with Crippen LogP contribution in [0.4, 0.5) is 58.4 Å². The van der Waals surface area contributed by atoms with E-state index in [1.165, 1.54) is 6.07 Å². The molecule has 17 heteroatoms. The molecule has 0 spiro atoms. The first-order valence-electron chi connectivity index (χ1n) is 9.51.